The van der Waals surface area contributed by atoms with Crippen molar-refractivity contribution in [3.63, 3.8) is 0 Å². The van der Waals surface area contributed by atoms with Crippen LogP contribution in [0.25, 0.3) is 0 Å². The van der Waals surface area contributed by atoms with E-state index in [0.29, 0.717) is 45.8 Å². The molecule has 2 atom stereocenters. The van der Waals surface area contributed by atoms with E-state index >= 15 is 0 Å². The summed E-state index contributed by atoms with van der Waals surface area (Å²) in [5.74, 6) is 0.534. The highest BCUT2D eigenvalue weighted by Gasteiger charge is 2.34. The van der Waals surface area contributed by atoms with Gasteiger partial charge in [-0.2, -0.15) is 17.0 Å². The molecule has 2 aliphatic rings. The second-order valence-corrected chi connectivity index (χ2v) is 7.33. The van der Waals surface area contributed by atoms with E-state index in [9.17, 15) is 9.59 Å². The van der Waals surface area contributed by atoms with Crippen LogP contribution in [0.15, 0.2) is 0 Å². The van der Waals surface area contributed by atoms with E-state index in [2.05, 4.69) is 11.4 Å². The average molecular weight is 385 g/mol. The van der Waals surface area contributed by atoms with Crippen LogP contribution < -0.4 is 5.32 Å². The lowest BCUT2D eigenvalue weighted by Crippen LogP contribution is -2.50. The number of carbonyl (C=O) groups excluding carboxylic acids is 2. The molecular weight excluding hydrogens is 356 g/mol. The summed E-state index contributed by atoms with van der Waals surface area (Å²) in [6.45, 7) is 3.86. The molecule has 8 nitrogen and oxygen atoms in total. The van der Waals surface area contributed by atoms with Gasteiger partial charge in [-0.15, -0.1) is 0 Å². The third-order valence-electron chi connectivity index (χ3n) is 4.59. The molecule has 0 aromatic heterocycles. The Hall–Kier alpha value is -1.50. The van der Waals surface area contributed by atoms with Crippen LogP contribution in [0.2, 0.25) is 0 Å². The number of carbonyl (C=O) groups is 2. The number of rotatable bonds is 8. The van der Waals surface area contributed by atoms with Crippen LogP contribution in [0.4, 0.5) is 4.79 Å². The Morgan fingerprint density at radius 2 is 2.23 bits per heavy atom. The van der Waals surface area contributed by atoms with Crippen LogP contribution in [-0.4, -0.2) is 91.9 Å². The fraction of sp³-hybridized carbons (Fsp3) is 0.824. The van der Waals surface area contributed by atoms with Gasteiger partial charge in [0.2, 0.25) is 0 Å². The van der Waals surface area contributed by atoms with E-state index in [-0.39, 0.29) is 18.4 Å². The largest absolute Gasteiger partial charge is 0.436 e. The maximum Gasteiger partial charge on any atom is 0.410 e. The molecule has 2 amide bonds. The number of thioether (sulfide) groups is 1. The maximum absolute atomic E-state index is 13.1. The van der Waals surface area contributed by atoms with Gasteiger partial charge in [-0.1, -0.05) is 0 Å². The van der Waals surface area contributed by atoms with E-state index in [1.807, 2.05) is 6.26 Å². The summed E-state index contributed by atoms with van der Waals surface area (Å²) in [6, 6.07) is 2.15. The normalized spacial score (nSPS) is 21.1. The fourth-order valence-electron chi connectivity index (χ4n) is 3.13. The Morgan fingerprint density at radius 3 is 2.85 bits per heavy atom. The lowest BCUT2D eigenvalue weighted by atomic mass is 10.1. The van der Waals surface area contributed by atoms with Crippen LogP contribution in [0, 0.1) is 11.3 Å². The van der Waals surface area contributed by atoms with Crippen molar-refractivity contribution in [3.8, 4) is 6.07 Å². The molecule has 26 heavy (non-hydrogen) atoms. The first-order chi connectivity index (χ1) is 12.7. The van der Waals surface area contributed by atoms with Crippen molar-refractivity contribution in [2.45, 2.75) is 31.4 Å². The lowest BCUT2D eigenvalue weighted by molar-refractivity contribution is -0.143. The molecular formula is C17H28N4O4S. The SMILES string of the molecule is CSCCC(OC(=O)N1CCOCC1)C(=O)N(CCC#N)C1CCNC1. The molecule has 0 saturated carbocycles. The van der Waals surface area contributed by atoms with Gasteiger partial charge in [0.1, 0.15) is 0 Å². The van der Waals surface area contributed by atoms with Crippen molar-refractivity contribution in [3.05, 3.63) is 0 Å². The quantitative estimate of drug-likeness (QED) is 0.657. The molecule has 9 heteroatoms. The smallest absolute Gasteiger partial charge is 0.410 e. The maximum atomic E-state index is 13.1. The van der Waals surface area contributed by atoms with Crippen molar-refractivity contribution in [2.24, 2.45) is 0 Å². The summed E-state index contributed by atoms with van der Waals surface area (Å²) in [6.07, 6.45) is 2.28. The standard InChI is InChI=1S/C17H28N4O4S/c1-26-12-4-15(25-17(23)20-8-10-24-11-9-20)16(22)21(7-2-5-18)14-3-6-19-13-14/h14-15,19H,2-4,6-13H2,1H3. The highest BCUT2D eigenvalue weighted by atomic mass is 32.2. The van der Waals surface area contributed by atoms with Gasteiger partial charge in [0.05, 0.1) is 25.7 Å². The Morgan fingerprint density at radius 1 is 1.46 bits per heavy atom. The molecule has 0 aromatic carbocycles. The highest BCUT2D eigenvalue weighted by Crippen LogP contribution is 2.16. The number of nitrogens with one attached hydrogen (secondary N) is 1. The molecule has 2 saturated heterocycles. The molecule has 0 radical (unpaired) electrons. The minimum absolute atomic E-state index is 0.0507. The number of nitrogens with zero attached hydrogens (tertiary/aromatic N) is 3. The van der Waals surface area contributed by atoms with Gasteiger partial charge in [0.25, 0.3) is 5.91 Å². The van der Waals surface area contributed by atoms with Crippen LogP contribution in [0.5, 0.6) is 0 Å². The van der Waals surface area contributed by atoms with E-state index in [0.717, 1.165) is 18.7 Å². The average Bonchev–Trinajstić information content (AvgIpc) is 3.20. The number of ether oxygens (including phenoxy) is 2. The second-order valence-electron chi connectivity index (χ2n) is 6.34. The van der Waals surface area contributed by atoms with Crippen molar-refractivity contribution >= 4 is 23.8 Å². The Labute approximate surface area is 159 Å². The van der Waals surface area contributed by atoms with Gasteiger partial charge in [-0.25, -0.2) is 4.79 Å². The fourth-order valence-corrected chi connectivity index (χ4v) is 3.58. The van der Waals surface area contributed by atoms with Gasteiger partial charge in [-0.3, -0.25) is 4.79 Å². The molecule has 0 bridgehead atoms. The van der Waals surface area contributed by atoms with Crippen LogP contribution in [0.3, 0.4) is 0 Å². The predicted octanol–water partition coefficient (Wildman–Crippen LogP) is 0.681. The molecule has 0 aromatic rings. The Kier molecular flexibility index (Phi) is 9.01. The zero-order valence-corrected chi connectivity index (χ0v) is 16.1. The topological polar surface area (TPSA) is 94.9 Å². The van der Waals surface area contributed by atoms with E-state index in [4.69, 9.17) is 14.7 Å². The van der Waals surface area contributed by atoms with Gasteiger partial charge >= 0.3 is 6.09 Å². The Balaban J connectivity index is 2.04. The first kappa shape index (κ1) is 20.8. The summed E-state index contributed by atoms with van der Waals surface area (Å²) in [5.41, 5.74) is 0. The summed E-state index contributed by atoms with van der Waals surface area (Å²) < 4.78 is 10.8. The van der Waals surface area contributed by atoms with E-state index in [1.54, 1.807) is 21.6 Å². The summed E-state index contributed by atoms with van der Waals surface area (Å²) in [7, 11) is 0. The predicted molar refractivity (Wildman–Crippen MR) is 98.9 cm³/mol. The molecule has 0 aliphatic carbocycles. The van der Waals surface area contributed by atoms with E-state index < -0.39 is 12.2 Å². The highest BCUT2D eigenvalue weighted by molar-refractivity contribution is 7.98. The third kappa shape index (κ3) is 6.04. The molecule has 0 spiro atoms. The van der Waals surface area contributed by atoms with Gasteiger partial charge in [0.15, 0.2) is 6.10 Å². The monoisotopic (exact) mass is 384 g/mol. The zero-order chi connectivity index (χ0) is 18.8. The number of morpholine rings is 1. The summed E-state index contributed by atoms with van der Waals surface area (Å²) >= 11 is 1.61. The summed E-state index contributed by atoms with van der Waals surface area (Å²) in [5, 5.41) is 12.2. The Bertz CT molecular complexity index is 501. The number of hydrogen-bond acceptors (Lipinski definition) is 7. The molecule has 2 rings (SSSR count). The molecule has 2 unspecified atom stereocenters. The van der Waals surface area contributed by atoms with Crippen molar-refractivity contribution in [1.82, 2.24) is 15.1 Å². The molecule has 1 N–H and O–H groups in total. The van der Waals surface area contributed by atoms with Crippen molar-refractivity contribution < 1.29 is 19.1 Å². The van der Waals surface area contributed by atoms with Gasteiger partial charge in [-0.05, 0) is 25.0 Å². The van der Waals surface area contributed by atoms with Gasteiger partial charge < -0.3 is 24.6 Å². The molecule has 146 valence electrons. The minimum Gasteiger partial charge on any atom is -0.436 e. The third-order valence-corrected chi connectivity index (χ3v) is 5.24. The number of hydrogen-bond donors (Lipinski definition) is 1. The molecule has 2 heterocycles. The zero-order valence-electron chi connectivity index (χ0n) is 15.3. The van der Waals surface area contributed by atoms with Gasteiger partial charge in [0, 0.05) is 38.6 Å². The first-order valence-electron chi connectivity index (χ1n) is 9.07. The lowest BCUT2D eigenvalue weighted by Gasteiger charge is -2.33. The van der Waals surface area contributed by atoms with Crippen LogP contribution in [0.1, 0.15) is 19.3 Å². The van der Waals surface area contributed by atoms with Crippen molar-refractivity contribution in [2.75, 3.05) is 57.9 Å². The number of nitriles is 1. The van der Waals surface area contributed by atoms with E-state index in [1.165, 1.54) is 0 Å². The molecule has 2 aliphatic heterocycles. The first-order valence-corrected chi connectivity index (χ1v) is 10.5. The van der Waals surface area contributed by atoms with Crippen LogP contribution >= 0.6 is 11.8 Å². The minimum atomic E-state index is -0.808. The summed E-state index contributed by atoms with van der Waals surface area (Å²) in [4.78, 5) is 28.9. The molecule has 2 fully saturated rings. The number of amides is 2. The van der Waals surface area contributed by atoms with Crippen molar-refractivity contribution in [1.29, 1.82) is 5.26 Å². The van der Waals surface area contributed by atoms with Crippen LogP contribution in [-0.2, 0) is 14.3 Å². The second kappa shape index (κ2) is 11.3.